The number of nitrogens with one attached hydrogen (secondary N) is 1. The van der Waals surface area contributed by atoms with E-state index in [-0.39, 0.29) is 11.4 Å². The standard InChI is InChI=1S/C19H15F7N4O2/c20-8-18(6-14(19(24,25)26)30-17(27)32-18)11-5-10(2-3-12(11)21)29-16(31)13-4-1-9(7-28-13)15(22)23/h1-5,7,14-15H,6,8H2,(H2,27,30)(H,29,31)/t14-,18+/m0/s1. The lowest BCUT2D eigenvalue weighted by Crippen LogP contribution is -2.48. The predicted octanol–water partition coefficient (Wildman–Crippen LogP) is 4.24. The molecule has 0 bridgehead atoms. The maximum Gasteiger partial charge on any atom is 0.411 e. The number of pyridine rings is 1. The van der Waals surface area contributed by atoms with Crippen molar-refractivity contribution < 1.29 is 40.3 Å². The molecule has 6 nitrogen and oxygen atoms in total. The van der Waals surface area contributed by atoms with Gasteiger partial charge in [-0.05, 0) is 30.3 Å². The molecule has 2 atom stereocenters. The molecule has 3 rings (SSSR count). The largest absolute Gasteiger partial charge is 0.451 e. The number of hydrogen-bond donors (Lipinski definition) is 2. The van der Waals surface area contributed by atoms with Gasteiger partial charge in [-0.1, -0.05) is 0 Å². The molecule has 3 N–H and O–H groups in total. The van der Waals surface area contributed by atoms with Crippen molar-refractivity contribution in [3.05, 3.63) is 59.2 Å². The van der Waals surface area contributed by atoms with E-state index in [0.717, 1.165) is 36.5 Å². The van der Waals surface area contributed by atoms with Crippen LogP contribution >= 0.6 is 0 Å². The van der Waals surface area contributed by atoms with Crippen molar-refractivity contribution in [2.45, 2.75) is 30.7 Å². The summed E-state index contributed by atoms with van der Waals surface area (Å²) in [6.07, 6.45) is -7.96. The second kappa shape index (κ2) is 8.63. The topological polar surface area (TPSA) is 89.6 Å². The Hall–Kier alpha value is -3.38. The van der Waals surface area contributed by atoms with Gasteiger partial charge >= 0.3 is 6.18 Å². The number of aliphatic imine (C=N–C) groups is 1. The molecule has 2 aromatic rings. The summed E-state index contributed by atoms with van der Waals surface area (Å²) in [4.78, 5) is 19.0. The number of hydrogen-bond acceptors (Lipinski definition) is 5. The van der Waals surface area contributed by atoms with E-state index in [1.54, 1.807) is 0 Å². The Labute approximate surface area is 176 Å². The number of nitrogens with two attached hydrogens (primary N) is 1. The second-order valence-electron chi connectivity index (χ2n) is 6.89. The van der Waals surface area contributed by atoms with Crippen molar-refractivity contribution >= 4 is 17.6 Å². The van der Waals surface area contributed by atoms with Crippen molar-refractivity contribution in [3.8, 4) is 0 Å². The Morgan fingerprint density at radius 3 is 2.56 bits per heavy atom. The van der Waals surface area contributed by atoms with E-state index in [9.17, 15) is 35.5 Å². The van der Waals surface area contributed by atoms with Gasteiger partial charge in [0.05, 0.1) is 0 Å². The summed E-state index contributed by atoms with van der Waals surface area (Å²) >= 11 is 0. The van der Waals surface area contributed by atoms with Crippen LogP contribution < -0.4 is 11.1 Å². The highest BCUT2D eigenvalue weighted by Crippen LogP contribution is 2.42. The molecular formula is C19H15F7N4O2. The van der Waals surface area contributed by atoms with Crippen LogP contribution in [0, 0.1) is 5.82 Å². The van der Waals surface area contributed by atoms with E-state index in [4.69, 9.17) is 10.5 Å². The maximum atomic E-state index is 14.5. The highest BCUT2D eigenvalue weighted by atomic mass is 19.4. The molecule has 0 aliphatic carbocycles. The van der Waals surface area contributed by atoms with Crippen LogP contribution in [-0.2, 0) is 10.3 Å². The minimum atomic E-state index is -4.88. The third kappa shape index (κ3) is 4.75. The monoisotopic (exact) mass is 464 g/mol. The van der Waals surface area contributed by atoms with Gasteiger partial charge in [0, 0.05) is 29.4 Å². The molecule has 1 aromatic heterocycles. The predicted molar refractivity (Wildman–Crippen MR) is 98.4 cm³/mol. The van der Waals surface area contributed by atoms with Crippen LogP contribution in [0.15, 0.2) is 41.5 Å². The van der Waals surface area contributed by atoms with Crippen molar-refractivity contribution in [2.24, 2.45) is 10.7 Å². The van der Waals surface area contributed by atoms with Gasteiger partial charge in [-0.25, -0.2) is 22.6 Å². The summed E-state index contributed by atoms with van der Waals surface area (Å²) in [5.41, 5.74) is 1.43. The van der Waals surface area contributed by atoms with Gasteiger partial charge in [-0.3, -0.25) is 9.78 Å². The molecule has 0 radical (unpaired) electrons. The summed E-state index contributed by atoms with van der Waals surface area (Å²) in [6, 6.07) is 1.37. The Bertz CT molecular complexity index is 1030. The number of ether oxygens (including phenoxy) is 1. The molecule has 0 spiro atoms. The zero-order valence-electron chi connectivity index (χ0n) is 16.0. The number of carbonyl (C=O) groups is 1. The normalized spacial score (nSPS) is 21.1. The molecule has 0 saturated heterocycles. The van der Waals surface area contributed by atoms with Crippen LogP contribution in [0.25, 0.3) is 0 Å². The number of carbonyl (C=O) groups excluding carboxylic acids is 1. The number of nitrogens with zero attached hydrogens (tertiary/aromatic N) is 2. The van der Waals surface area contributed by atoms with E-state index in [0.29, 0.717) is 0 Å². The fourth-order valence-electron chi connectivity index (χ4n) is 3.10. The van der Waals surface area contributed by atoms with Crippen LogP contribution in [0.2, 0.25) is 0 Å². The molecule has 0 fully saturated rings. The number of anilines is 1. The second-order valence-corrected chi connectivity index (χ2v) is 6.89. The molecule has 1 aromatic carbocycles. The molecule has 172 valence electrons. The average Bonchev–Trinajstić information content (AvgIpc) is 2.74. The molecule has 2 heterocycles. The lowest BCUT2D eigenvalue weighted by molar-refractivity contribution is -0.167. The van der Waals surface area contributed by atoms with E-state index < -0.39 is 66.2 Å². The fraction of sp³-hybridized carbons (Fsp3) is 0.316. The Kier molecular flexibility index (Phi) is 6.28. The van der Waals surface area contributed by atoms with Crippen LogP contribution in [0.3, 0.4) is 0 Å². The molecule has 32 heavy (non-hydrogen) atoms. The first-order chi connectivity index (χ1) is 14.9. The van der Waals surface area contributed by atoms with Crippen LogP contribution in [0.5, 0.6) is 0 Å². The lowest BCUT2D eigenvalue weighted by Gasteiger charge is -2.38. The first-order valence-electron chi connectivity index (χ1n) is 8.95. The summed E-state index contributed by atoms with van der Waals surface area (Å²) in [7, 11) is 0. The Balaban J connectivity index is 1.90. The van der Waals surface area contributed by atoms with Gasteiger partial charge in [-0.15, -0.1) is 0 Å². The van der Waals surface area contributed by atoms with Gasteiger partial charge in [0.2, 0.25) is 0 Å². The third-order valence-corrected chi connectivity index (χ3v) is 4.69. The summed E-state index contributed by atoms with van der Waals surface area (Å²) in [6.45, 7) is -1.57. The first-order valence-corrected chi connectivity index (χ1v) is 8.95. The zero-order chi connectivity index (χ0) is 23.7. The quantitative estimate of drug-likeness (QED) is 0.648. The summed E-state index contributed by atoms with van der Waals surface area (Å²) < 4.78 is 98.2. The van der Waals surface area contributed by atoms with Gasteiger partial charge in [0.1, 0.15) is 18.2 Å². The van der Waals surface area contributed by atoms with Gasteiger partial charge < -0.3 is 15.8 Å². The van der Waals surface area contributed by atoms with Gasteiger partial charge in [0.15, 0.2) is 11.6 Å². The molecule has 1 aliphatic heterocycles. The number of benzene rings is 1. The van der Waals surface area contributed by atoms with Crippen molar-refractivity contribution in [1.29, 1.82) is 0 Å². The zero-order valence-corrected chi connectivity index (χ0v) is 16.0. The van der Waals surface area contributed by atoms with Crippen molar-refractivity contribution in [2.75, 3.05) is 12.0 Å². The molecule has 1 aliphatic rings. The van der Waals surface area contributed by atoms with Crippen LogP contribution in [0.4, 0.5) is 36.4 Å². The van der Waals surface area contributed by atoms with Gasteiger partial charge in [-0.2, -0.15) is 13.2 Å². The SMILES string of the molecule is NC1=N[C@H](C(F)(F)F)C[C@@](CF)(c2cc(NC(=O)c3ccc(C(F)F)cn3)ccc2F)O1. The average molecular weight is 464 g/mol. The molecule has 1 amide bonds. The number of amidine groups is 1. The number of aromatic nitrogens is 1. The number of rotatable bonds is 5. The first kappa shape index (κ1) is 23.3. The molecule has 0 saturated carbocycles. The molecular weight excluding hydrogens is 449 g/mol. The maximum absolute atomic E-state index is 14.5. The van der Waals surface area contributed by atoms with E-state index in [1.165, 1.54) is 0 Å². The van der Waals surface area contributed by atoms with E-state index in [1.807, 2.05) is 0 Å². The number of alkyl halides is 6. The molecule has 0 unspecified atom stereocenters. The summed E-state index contributed by atoms with van der Waals surface area (Å²) in [5, 5.41) is 2.29. The summed E-state index contributed by atoms with van der Waals surface area (Å²) in [5.74, 6) is -1.98. The minimum Gasteiger partial charge on any atom is -0.451 e. The van der Waals surface area contributed by atoms with Crippen molar-refractivity contribution in [1.82, 2.24) is 4.98 Å². The van der Waals surface area contributed by atoms with E-state index >= 15 is 0 Å². The molecule has 13 heteroatoms. The lowest BCUT2D eigenvalue weighted by atomic mass is 9.86. The smallest absolute Gasteiger partial charge is 0.411 e. The van der Waals surface area contributed by atoms with E-state index in [2.05, 4.69) is 15.3 Å². The Morgan fingerprint density at radius 2 is 2.00 bits per heavy atom. The minimum absolute atomic E-state index is 0.132. The fourth-order valence-corrected chi connectivity index (χ4v) is 3.10. The van der Waals surface area contributed by atoms with Crippen LogP contribution in [-0.4, -0.2) is 35.8 Å². The number of amides is 1. The Morgan fingerprint density at radius 1 is 1.28 bits per heavy atom. The van der Waals surface area contributed by atoms with Crippen LogP contribution in [0.1, 0.15) is 34.5 Å². The van der Waals surface area contributed by atoms with Crippen molar-refractivity contribution in [3.63, 3.8) is 0 Å². The highest BCUT2D eigenvalue weighted by Gasteiger charge is 2.52. The van der Waals surface area contributed by atoms with Gasteiger partial charge in [0.25, 0.3) is 18.4 Å². The highest BCUT2D eigenvalue weighted by molar-refractivity contribution is 6.02. The number of halogens is 7. The third-order valence-electron chi connectivity index (χ3n) is 4.69.